The van der Waals surface area contributed by atoms with Crippen LogP contribution in [0.15, 0.2) is 18.2 Å². The standard InChI is InChI=1S/C20H24ClN3O2/c21-17-8-9-19(18(14-17)16-6-2-1-3-7-16)26-15-20(25)24(12-4-10-22)13-5-11-23/h8-9,14,16H,1-7,12-13,15H2. The van der Waals surface area contributed by atoms with E-state index in [1.165, 1.54) is 24.2 Å². The highest BCUT2D eigenvalue weighted by Crippen LogP contribution is 2.38. The quantitative estimate of drug-likeness (QED) is 0.675. The summed E-state index contributed by atoms with van der Waals surface area (Å²) in [6.07, 6.45) is 6.37. The van der Waals surface area contributed by atoms with Crippen molar-refractivity contribution in [3.63, 3.8) is 0 Å². The normalized spacial score (nSPS) is 14.3. The van der Waals surface area contributed by atoms with Crippen LogP contribution in [0.3, 0.4) is 0 Å². The predicted octanol–water partition coefficient (Wildman–Crippen LogP) is 4.42. The molecule has 0 spiro atoms. The molecule has 0 heterocycles. The van der Waals surface area contributed by atoms with E-state index in [1.807, 2.05) is 24.3 Å². The Balaban J connectivity index is 2.04. The van der Waals surface area contributed by atoms with Gasteiger partial charge in [-0.15, -0.1) is 0 Å². The number of nitriles is 2. The lowest BCUT2D eigenvalue weighted by atomic mass is 9.84. The van der Waals surface area contributed by atoms with E-state index < -0.39 is 0 Å². The zero-order chi connectivity index (χ0) is 18.8. The summed E-state index contributed by atoms with van der Waals surface area (Å²) < 4.78 is 5.83. The van der Waals surface area contributed by atoms with Crippen LogP contribution in [0.25, 0.3) is 0 Å². The van der Waals surface area contributed by atoms with Gasteiger partial charge in [0, 0.05) is 18.1 Å². The molecule has 5 nitrogen and oxygen atoms in total. The van der Waals surface area contributed by atoms with E-state index in [0.29, 0.717) is 29.8 Å². The number of benzene rings is 1. The van der Waals surface area contributed by atoms with Gasteiger partial charge < -0.3 is 9.64 Å². The van der Waals surface area contributed by atoms with Crippen molar-refractivity contribution in [1.29, 1.82) is 10.5 Å². The van der Waals surface area contributed by atoms with Crippen molar-refractivity contribution in [2.75, 3.05) is 19.7 Å². The second-order valence-corrected chi connectivity index (χ2v) is 6.94. The van der Waals surface area contributed by atoms with Crippen LogP contribution in [0.5, 0.6) is 5.75 Å². The Labute approximate surface area is 160 Å². The van der Waals surface area contributed by atoms with E-state index in [9.17, 15) is 4.79 Å². The van der Waals surface area contributed by atoms with E-state index in [0.717, 1.165) is 18.4 Å². The lowest BCUT2D eigenvalue weighted by Crippen LogP contribution is -2.36. The van der Waals surface area contributed by atoms with Gasteiger partial charge in [-0.05, 0) is 42.5 Å². The van der Waals surface area contributed by atoms with Crippen molar-refractivity contribution >= 4 is 17.5 Å². The monoisotopic (exact) mass is 373 g/mol. The molecule has 1 fully saturated rings. The highest BCUT2D eigenvalue weighted by molar-refractivity contribution is 6.30. The zero-order valence-corrected chi connectivity index (χ0v) is 15.7. The minimum absolute atomic E-state index is 0.0990. The molecular formula is C20H24ClN3O2. The van der Waals surface area contributed by atoms with Crippen molar-refractivity contribution in [2.24, 2.45) is 0 Å². The van der Waals surface area contributed by atoms with Crippen LogP contribution in [0, 0.1) is 22.7 Å². The van der Waals surface area contributed by atoms with E-state index >= 15 is 0 Å². The summed E-state index contributed by atoms with van der Waals surface area (Å²) in [5.74, 6) is 0.913. The molecule has 0 aliphatic heterocycles. The van der Waals surface area contributed by atoms with Crippen LogP contribution in [0.2, 0.25) is 5.02 Å². The Morgan fingerprint density at radius 2 is 1.81 bits per heavy atom. The molecule has 0 radical (unpaired) electrons. The maximum absolute atomic E-state index is 12.4. The molecule has 0 unspecified atom stereocenters. The molecule has 1 amide bonds. The maximum atomic E-state index is 12.4. The summed E-state index contributed by atoms with van der Waals surface area (Å²) in [7, 11) is 0. The molecule has 1 saturated carbocycles. The number of halogens is 1. The highest BCUT2D eigenvalue weighted by Gasteiger charge is 2.21. The van der Waals surface area contributed by atoms with E-state index in [-0.39, 0.29) is 25.4 Å². The smallest absolute Gasteiger partial charge is 0.260 e. The fourth-order valence-corrected chi connectivity index (χ4v) is 3.53. The third kappa shape index (κ3) is 5.93. The minimum atomic E-state index is -0.208. The number of hydrogen-bond acceptors (Lipinski definition) is 4. The average molecular weight is 374 g/mol. The Kier molecular flexibility index (Phi) is 8.25. The van der Waals surface area contributed by atoms with Crippen molar-refractivity contribution in [2.45, 2.75) is 50.9 Å². The molecule has 26 heavy (non-hydrogen) atoms. The number of hydrogen-bond donors (Lipinski definition) is 0. The minimum Gasteiger partial charge on any atom is -0.483 e. The third-order valence-corrected chi connectivity index (χ3v) is 4.94. The van der Waals surface area contributed by atoms with Gasteiger partial charge in [-0.1, -0.05) is 30.9 Å². The maximum Gasteiger partial charge on any atom is 0.260 e. The zero-order valence-electron chi connectivity index (χ0n) is 14.9. The van der Waals surface area contributed by atoms with Gasteiger partial charge in [-0.25, -0.2) is 0 Å². The van der Waals surface area contributed by atoms with E-state index in [1.54, 1.807) is 6.07 Å². The molecule has 1 aliphatic rings. The highest BCUT2D eigenvalue weighted by atomic mass is 35.5. The van der Waals surface area contributed by atoms with Crippen molar-refractivity contribution in [3.8, 4) is 17.9 Å². The topological polar surface area (TPSA) is 77.1 Å². The Hall–Kier alpha value is -2.24. The first-order chi connectivity index (χ1) is 12.7. The van der Waals surface area contributed by atoms with Gasteiger partial charge in [-0.3, -0.25) is 4.79 Å². The fraction of sp³-hybridized carbons (Fsp3) is 0.550. The first-order valence-corrected chi connectivity index (χ1v) is 9.47. The van der Waals surface area contributed by atoms with Gasteiger partial charge in [0.2, 0.25) is 0 Å². The second-order valence-electron chi connectivity index (χ2n) is 6.50. The number of nitrogens with zero attached hydrogens (tertiary/aromatic N) is 3. The molecule has 1 aliphatic carbocycles. The third-order valence-electron chi connectivity index (χ3n) is 4.71. The second kappa shape index (κ2) is 10.7. The van der Waals surface area contributed by atoms with E-state index in [4.69, 9.17) is 26.9 Å². The molecular weight excluding hydrogens is 350 g/mol. The fourth-order valence-electron chi connectivity index (χ4n) is 3.35. The van der Waals surface area contributed by atoms with Crippen molar-refractivity contribution < 1.29 is 9.53 Å². The number of carbonyl (C=O) groups is 1. The summed E-state index contributed by atoms with van der Waals surface area (Å²) in [6.45, 7) is 0.533. The molecule has 0 N–H and O–H groups in total. The number of carbonyl (C=O) groups excluding carboxylic acids is 1. The van der Waals surface area contributed by atoms with Gasteiger partial charge in [-0.2, -0.15) is 10.5 Å². The van der Waals surface area contributed by atoms with Crippen LogP contribution in [0.1, 0.15) is 56.4 Å². The SMILES string of the molecule is N#CCCN(CCC#N)C(=O)COc1ccc(Cl)cc1C1CCCCC1. The molecule has 0 atom stereocenters. The summed E-state index contributed by atoms with van der Waals surface area (Å²) in [5.41, 5.74) is 1.07. The van der Waals surface area contributed by atoms with Gasteiger partial charge >= 0.3 is 0 Å². The summed E-state index contributed by atoms with van der Waals surface area (Å²) in [4.78, 5) is 14.0. The number of amides is 1. The lowest BCUT2D eigenvalue weighted by molar-refractivity contribution is -0.133. The van der Waals surface area contributed by atoms with Crippen LogP contribution in [-0.2, 0) is 4.79 Å². The first kappa shape index (κ1) is 20.1. The van der Waals surface area contributed by atoms with Gasteiger partial charge in [0.25, 0.3) is 5.91 Å². The molecule has 1 aromatic carbocycles. The predicted molar refractivity (Wildman–Crippen MR) is 99.8 cm³/mol. The summed E-state index contributed by atoms with van der Waals surface area (Å²) >= 11 is 6.17. The molecule has 0 aromatic heterocycles. The molecule has 1 aromatic rings. The lowest BCUT2D eigenvalue weighted by Gasteiger charge is -2.25. The van der Waals surface area contributed by atoms with Crippen LogP contribution in [-0.4, -0.2) is 30.5 Å². The van der Waals surface area contributed by atoms with Gasteiger partial charge in [0.1, 0.15) is 5.75 Å². The molecule has 0 saturated heterocycles. The number of rotatable bonds is 8. The van der Waals surface area contributed by atoms with Crippen molar-refractivity contribution in [1.82, 2.24) is 4.90 Å². The Morgan fingerprint density at radius 1 is 1.15 bits per heavy atom. The van der Waals surface area contributed by atoms with Crippen LogP contribution >= 0.6 is 11.6 Å². The van der Waals surface area contributed by atoms with E-state index in [2.05, 4.69) is 0 Å². The number of ether oxygens (including phenoxy) is 1. The molecule has 0 bridgehead atoms. The van der Waals surface area contributed by atoms with Crippen molar-refractivity contribution in [3.05, 3.63) is 28.8 Å². The van der Waals surface area contributed by atoms with Gasteiger partial charge in [0.15, 0.2) is 6.61 Å². The summed E-state index contributed by atoms with van der Waals surface area (Å²) in [6, 6.07) is 9.61. The molecule has 6 heteroatoms. The van der Waals surface area contributed by atoms with Gasteiger partial charge in [0.05, 0.1) is 25.0 Å². The Morgan fingerprint density at radius 3 is 2.42 bits per heavy atom. The molecule has 138 valence electrons. The average Bonchev–Trinajstić information content (AvgIpc) is 2.67. The van der Waals surface area contributed by atoms with Crippen LogP contribution < -0.4 is 4.74 Å². The Bertz CT molecular complexity index is 669. The summed E-state index contributed by atoms with van der Waals surface area (Å²) in [5, 5.41) is 18.2. The first-order valence-electron chi connectivity index (χ1n) is 9.09. The largest absolute Gasteiger partial charge is 0.483 e. The van der Waals surface area contributed by atoms with Crippen LogP contribution in [0.4, 0.5) is 0 Å². The molecule has 2 rings (SSSR count).